The molecule has 11 heteroatoms. The van der Waals surface area contributed by atoms with Crippen molar-refractivity contribution in [3.05, 3.63) is 245 Å². The molecular weight excluding hydrogens is 1240 g/mol. The Labute approximate surface area is 445 Å². The summed E-state index contributed by atoms with van der Waals surface area (Å²) in [5.41, 5.74) is 13.8. The zero-order valence-corrected chi connectivity index (χ0v) is 43.3. The van der Waals surface area contributed by atoms with Gasteiger partial charge < -0.3 is 44.1 Å². The van der Waals surface area contributed by atoms with Crippen molar-refractivity contribution in [2.75, 3.05) is 49.5 Å². The topological polar surface area (TPSA) is 54.5 Å². The molecule has 0 unspecified atom stereocenters. The van der Waals surface area contributed by atoms with Gasteiger partial charge in [-0.25, -0.2) is 6.07 Å². The Hall–Kier alpha value is -7.22. The van der Waals surface area contributed by atoms with Gasteiger partial charge in [0.05, 0.1) is 0 Å². The number of hydrogen-bond donors (Lipinski definition) is 0. The number of benzene rings is 7. The first-order valence-corrected chi connectivity index (χ1v) is 23.0. The Kier molecular flexibility index (Phi) is 15.6. The number of rotatable bonds is 12. The average Bonchev–Trinajstić information content (AvgIpc) is 4.10. The van der Waals surface area contributed by atoms with E-state index in [9.17, 15) is 0 Å². The van der Waals surface area contributed by atoms with Crippen molar-refractivity contribution in [3.63, 3.8) is 0 Å². The van der Waals surface area contributed by atoms with E-state index >= 15 is 0 Å². The number of anilines is 9. The molecule has 0 amide bonds. The third-order valence-electron chi connectivity index (χ3n) is 12.1. The first-order chi connectivity index (χ1) is 34.1. The van der Waals surface area contributed by atoms with Gasteiger partial charge in [-0.2, -0.15) is 86.7 Å². The molecule has 0 N–H and O–H groups in total. The van der Waals surface area contributed by atoms with Crippen molar-refractivity contribution in [1.82, 2.24) is 9.97 Å². The molecule has 0 fully saturated rings. The molecule has 1 radical (unpaired) electrons. The number of nitrogens with zero attached hydrogens (tertiary/aromatic N) is 8. The van der Waals surface area contributed by atoms with Crippen LogP contribution in [0.3, 0.4) is 0 Å². The van der Waals surface area contributed by atoms with Crippen molar-refractivity contribution in [2.24, 2.45) is 0 Å². The largest absolute Gasteiger partial charge is 0.510 e. The van der Waals surface area contributed by atoms with Crippen molar-refractivity contribution in [1.29, 1.82) is 0 Å². The van der Waals surface area contributed by atoms with Gasteiger partial charge in [0.15, 0.2) is 0 Å². The van der Waals surface area contributed by atoms with Crippen molar-refractivity contribution in [2.45, 2.75) is 12.8 Å². The van der Waals surface area contributed by atoms with Crippen LogP contribution in [0.5, 0.6) is 11.5 Å². The summed E-state index contributed by atoms with van der Waals surface area (Å²) in [6.07, 6.45) is 5.54. The van der Waals surface area contributed by atoms with Crippen molar-refractivity contribution >= 4 is 51.2 Å². The fraction of sp³-hybridized carbons (Fsp3) is 0.0833. The Bertz CT molecular complexity index is 3150. The molecule has 7 aromatic carbocycles. The van der Waals surface area contributed by atoms with Crippen LogP contribution in [0, 0.1) is 50.3 Å². The first kappa shape index (κ1) is 48.8. The van der Waals surface area contributed by atoms with Crippen LogP contribution >= 0.6 is 0 Å². The van der Waals surface area contributed by atoms with Gasteiger partial charge in [-0.3, -0.25) is 0 Å². The molecular formula is C60H46IrN8OPt-8. The Morgan fingerprint density at radius 3 is 1.65 bits per heavy atom. The van der Waals surface area contributed by atoms with Crippen LogP contribution in [0.2, 0.25) is 0 Å². The van der Waals surface area contributed by atoms with Gasteiger partial charge in [-0.05, 0) is 81.8 Å². The summed E-state index contributed by atoms with van der Waals surface area (Å²) in [7, 11) is 2.03. The molecule has 0 atom stereocenters. The number of hydrogen-bond acceptors (Lipinski definition) is 9. The Balaban J connectivity index is 0.000000179. The quantitative estimate of drug-likeness (QED) is 0.0879. The second-order valence-corrected chi connectivity index (χ2v) is 16.6. The van der Waals surface area contributed by atoms with Gasteiger partial charge in [0, 0.05) is 86.8 Å². The molecule has 9 aromatic rings. The average molecular weight is 1280 g/mol. The number of pyridine rings is 2. The SMILES string of the molecule is CN1[CH-]N(c2[c-]c(Oc3[c-]c(-c4[c-]cccn4)ncc3)ccc2)c2ccccc21.[Ir].[Pt].[c-]1ccccc1N1[CH-]N(CCCCN2[CH-]N(c3[c-]cc(-c4ccccc4)cc3)c3ccccc32)c2ccccc21. The van der Waals surface area contributed by atoms with E-state index in [1.807, 2.05) is 68.3 Å². The second-order valence-electron chi connectivity index (χ2n) is 16.6. The monoisotopic (exact) mass is 1280 g/mol. The molecule has 3 aliphatic heterocycles. The van der Waals surface area contributed by atoms with Gasteiger partial charge in [-0.1, -0.05) is 72.3 Å². The number of fused-ring (bicyclic) bond motifs is 3. The summed E-state index contributed by atoms with van der Waals surface area (Å²) in [5.74, 6) is 1.15. The Morgan fingerprint density at radius 2 is 1.01 bits per heavy atom. The number of unbranched alkanes of at least 4 members (excludes halogenated alkanes) is 1. The number of aromatic nitrogens is 2. The van der Waals surface area contributed by atoms with Crippen LogP contribution in [0.25, 0.3) is 22.5 Å². The minimum Gasteiger partial charge on any atom is -0.510 e. The van der Waals surface area contributed by atoms with Gasteiger partial charge >= 0.3 is 0 Å². The van der Waals surface area contributed by atoms with Crippen molar-refractivity contribution < 1.29 is 45.9 Å². The third-order valence-corrected chi connectivity index (χ3v) is 12.1. The minimum atomic E-state index is 0. The second kappa shape index (κ2) is 22.7. The van der Waals surface area contributed by atoms with E-state index in [1.54, 1.807) is 24.5 Å². The molecule has 3 aliphatic rings. The third kappa shape index (κ3) is 10.8. The molecule has 0 saturated carbocycles. The smallest absolute Gasteiger partial charge is 0.0326 e. The molecule has 2 aromatic heterocycles. The zero-order chi connectivity index (χ0) is 46.4. The predicted octanol–water partition coefficient (Wildman–Crippen LogP) is 13.6. The molecule has 0 spiro atoms. The van der Waals surface area contributed by atoms with Crippen LogP contribution in [-0.2, 0) is 41.2 Å². The van der Waals surface area contributed by atoms with Crippen LogP contribution in [0.4, 0.5) is 51.2 Å². The van der Waals surface area contributed by atoms with E-state index in [1.165, 1.54) is 33.9 Å². The van der Waals surface area contributed by atoms with E-state index in [-0.39, 0.29) is 41.2 Å². The van der Waals surface area contributed by atoms with Gasteiger partial charge in [0.25, 0.3) is 0 Å². The van der Waals surface area contributed by atoms with E-state index in [0.29, 0.717) is 22.9 Å². The van der Waals surface area contributed by atoms with Gasteiger partial charge in [0.1, 0.15) is 0 Å². The Morgan fingerprint density at radius 1 is 0.451 bits per heavy atom. The maximum Gasteiger partial charge on any atom is 0.0326 e. The van der Waals surface area contributed by atoms with Crippen LogP contribution in [0.15, 0.2) is 194 Å². The fourth-order valence-electron chi connectivity index (χ4n) is 8.78. The minimum absolute atomic E-state index is 0. The van der Waals surface area contributed by atoms with Crippen LogP contribution in [0.1, 0.15) is 12.8 Å². The maximum absolute atomic E-state index is 6.01. The summed E-state index contributed by atoms with van der Waals surface area (Å²) >= 11 is 0. The fourth-order valence-corrected chi connectivity index (χ4v) is 8.78. The van der Waals surface area contributed by atoms with Gasteiger partial charge in [0.2, 0.25) is 0 Å². The molecule has 359 valence electrons. The molecule has 5 heterocycles. The molecule has 0 bridgehead atoms. The predicted molar refractivity (Wildman–Crippen MR) is 277 cm³/mol. The number of ether oxygens (including phenoxy) is 1. The molecule has 9 nitrogen and oxygen atoms in total. The van der Waals surface area contributed by atoms with Crippen molar-refractivity contribution in [3.8, 4) is 34.0 Å². The molecule has 12 rings (SSSR count). The summed E-state index contributed by atoms with van der Waals surface area (Å²) in [6.45, 7) is 8.40. The molecule has 71 heavy (non-hydrogen) atoms. The first-order valence-electron chi connectivity index (χ1n) is 23.0. The van der Waals surface area contributed by atoms with E-state index in [2.05, 4.69) is 198 Å². The summed E-state index contributed by atoms with van der Waals surface area (Å²) in [5, 5.41) is 0. The van der Waals surface area contributed by atoms with E-state index in [4.69, 9.17) is 4.74 Å². The van der Waals surface area contributed by atoms with Crippen LogP contribution in [-0.4, -0.2) is 30.1 Å². The van der Waals surface area contributed by atoms with Crippen LogP contribution < -0.4 is 34.1 Å². The zero-order valence-electron chi connectivity index (χ0n) is 38.7. The standard InChI is InChI=1S/C36H30N4.C24H16N4O.Ir.Pt/c1-3-13-29(14-4-1)30-21-23-32(24-22-30)40-28-38(34-18-8-10-20-36(34)40)26-12-11-25-37-27-39(31-15-5-2-6-16-31)35-19-9-7-17-33(35)37;1-27-17-28(24-11-3-2-10-23(24)27)18-7-6-8-19(15-18)29-20-12-14-26-22(16-20)21-9-4-5-13-25-21;;/h1-10,13-15,17-23,27-28H,11-12,25-26H2;2-8,10-14,17H,1H3;;/q2*-4;;. The summed E-state index contributed by atoms with van der Waals surface area (Å²) < 4.78 is 6.01. The normalized spacial score (nSPS) is 13.1. The van der Waals surface area contributed by atoms with E-state index in [0.717, 1.165) is 54.4 Å². The number of para-hydroxylation sites is 7. The molecule has 0 aliphatic carbocycles. The molecule has 0 saturated heterocycles. The van der Waals surface area contributed by atoms with E-state index < -0.39 is 0 Å². The summed E-state index contributed by atoms with van der Waals surface area (Å²) in [4.78, 5) is 22.0. The summed E-state index contributed by atoms with van der Waals surface area (Å²) in [6, 6.07) is 78.1. The maximum atomic E-state index is 6.01. The van der Waals surface area contributed by atoms with Gasteiger partial charge in [-0.15, -0.1) is 70.4 Å².